The van der Waals surface area contributed by atoms with E-state index in [1.807, 2.05) is 0 Å². The summed E-state index contributed by atoms with van der Waals surface area (Å²) in [5, 5.41) is 11.8. The third-order valence-electron chi connectivity index (χ3n) is 3.83. The fraction of sp³-hybridized carbons (Fsp3) is 0.647. The number of nitrogens with one attached hydrogen (secondary N) is 3. The molecular weight excluding hydrogens is 324 g/mol. The van der Waals surface area contributed by atoms with E-state index in [1.165, 1.54) is 0 Å². The van der Waals surface area contributed by atoms with Gasteiger partial charge >= 0.3 is 6.09 Å². The van der Waals surface area contributed by atoms with Gasteiger partial charge in [-0.15, -0.1) is 0 Å². The Hall–Kier alpha value is -2.38. The maximum atomic E-state index is 12.1. The Labute approximate surface area is 146 Å². The maximum Gasteiger partial charge on any atom is 0.407 e. The predicted molar refractivity (Wildman–Crippen MR) is 92.5 cm³/mol. The summed E-state index contributed by atoms with van der Waals surface area (Å²) in [5.74, 6) is -0.196. The van der Waals surface area contributed by atoms with Crippen molar-refractivity contribution in [3.05, 3.63) is 27.2 Å². The van der Waals surface area contributed by atoms with E-state index in [1.54, 1.807) is 20.8 Å². The van der Waals surface area contributed by atoms with Crippen molar-refractivity contribution in [2.45, 2.75) is 58.5 Å². The molecule has 0 spiro atoms. The number of ether oxygens (including phenoxy) is 1. The van der Waals surface area contributed by atoms with E-state index in [9.17, 15) is 14.4 Å². The van der Waals surface area contributed by atoms with Crippen LogP contribution in [0.2, 0.25) is 0 Å². The Kier molecular flexibility index (Phi) is 6.17. The normalized spacial score (nSPS) is 13.7. The molecule has 0 bridgehead atoms. The average molecular weight is 350 g/mol. The molecule has 0 radical (unpaired) electrons. The van der Waals surface area contributed by atoms with Crippen molar-refractivity contribution in [2.24, 2.45) is 0 Å². The molecule has 138 valence electrons. The molecule has 8 nitrogen and oxygen atoms in total. The summed E-state index contributed by atoms with van der Waals surface area (Å²) in [6.45, 7) is 5.92. The molecule has 25 heavy (non-hydrogen) atoms. The molecule has 1 heterocycles. The number of hydrogen-bond acceptors (Lipinski definition) is 5. The van der Waals surface area contributed by atoms with Crippen LogP contribution in [-0.2, 0) is 28.8 Å². The lowest BCUT2D eigenvalue weighted by molar-refractivity contribution is -0.120. The smallest absolute Gasteiger partial charge is 0.407 e. The molecular formula is C17H26N4O4. The number of aromatic nitrogens is 2. The molecule has 8 heteroatoms. The fourth-order valence-corrected chi connectivity index (χ4v) is 2.77. The highest BCUT2D eigenvalue weighted by Gasteiger charge is 2.19. The van der Waals surface area contributed by atoms with Gasteiger partial charge in [-0.1, -0.05) is 0 Å². The number of carbonyl (C=O) groups excluding carboxylic acids is 2. The number of alkyl carbamates (subject to hydrolysis) is 1. The van der Waals surface area contributed by atoms with E-state index in [2.05, 4.69) is 20.8 Å². The fourth-order valence-electron chi connectivity index (χ4n) is 2.77. The van der Waals surface area contributed by atoms with Crippen LogP contribution in [0, 0.1) is 0 Å². The van der Waals surface area contributed by atoms with Crippen LogP contribution in [0.3, 0.4) is 0 Å². The summed E-state index contributed by atoms with van der Waals surface area (Å²) in [7, 11) is 0. The van der Waals surface area contributed by atoms with Crippen molar-refractivity contribution in [1.82, 2.24) is 20.8 Å². The molecule has 1 aliphatic carbocycles. The summed E-state index contributed by atoms with van der Waals surface area (Å²) in [5.41, 5.74) is 1.60. The lowest BCUT2D eigenvalue weighted by Crippen LogP contribution is -2.38. The minimum absolute atomic E-state index is 0.117. The van der Waals surface area contributed by atoms with Crippen LogP contribution < -0.4 is 16.2 Å². The second-order valence-electron chi connectivity index (χ2n) is 7.12. The molecule has 0 saturated heterocycles. The van der Waals surface area contributed by atoms with Crippen LogP contribution in [0.25, 0.3) is 0 Å². The SMILES string of the molecule is CC(C)(C)OC(=O)NCCNC(=O)Cc1n[nH]c(=O)c2c1CCCC2. The molecule has 1 aliphatic rings. The Morgan fingerprint density at radius 1 is 1.12 bits per heavy atom. The summed E-state index contributed by atoms with van der Waals surface area (Å²) in [4.78, 5) is 35.4. The van der Waals surface area contributed by atoms with Crippen LogP contribution in [0.1, 0.15) is 50.4 Å². The highest BCUT2D eigenvalue weighted by Crippen LogP contribution is 2.20. The third kappa shape index (κ3) is 5.88. The highest BCUT2D eigenvalue weighted by molar-refractivity contribution is 5.78. The van der Waals surface area contributed by atoms with Crippen molar-refractivity contribution in [3.63, 3.8) is 0 Å². The number of nitrogens with zero attached hydrogens (tertiary/aromatic N) is 1. The number of fused-ring (bicyclic) bond motifs is 1. The number of hydrogen-bond donors (Lipinski definition) is 3. The van der Waals surface area contributed by atoms with Crippen molar-refractivity contribution < 1.29 is 14.3 Å². The summed E-state index contributed by atoms with van der Waals surface area (Å²) >= 11 is 0. The van der Waals surface area contributed by atoms with Crippen LogP contribution in [0.15, 0.2) is 4.79 Å². The quantitative estimate of drug-likeness (QED) is 0.681. The molecule has 2 rings (SSSR count). The zero-order chi connectivity index (χ0) is 18.4. The average Bonchev–Trinajstić information content (AvgIpc) is 2.53. The molecule has 0 fully saturated rings. The molecule has 0 atom stereocenters. The van der Waals surface area contributed by atoms with Crippen LogP contribution >= 0.6 is 0 Å². The van der Waals surface area contributed by atoms with E-state index < -0.39 is 11.7 Å². The number of amides is 2. The Balaban J connectivity index is 1.80. The van der Waals surface area contributed by atoms with Crippen molar-refractivity contribution >= 4 is 12.0 Å². The van der Waals surface area contributed by atoms with E-state index in [0.29, 0.717) is 12.2 Å². The van der Waals surface area contributed by atoms with Gasteiger partial charge in [0.15, 0.2) is 0 Å². The van der Waals surface area contributed by atoms with Crippen molar-refractivity contribution in [1.29, 1.82) is 0 Å². The Bertz CT molecular complexity index is 691. The molecule has 2 amide bonds. The summed E-state index contributed by atoms with van der Waals surface area (Å²) in [6.07, 6.45) is 3.12. The first kappa shape index (κ1) is 19.0. The van der Waals surface area contributed by atoms with E-state index >= 15 is 0 Å². The van der Waals surface area contributed by atoms with Gasteiger partial charge < -0.3 is 15.4 Å². The third-order valence-corrected chi connectivity index (χ3v) is 3.83. The minimum atomic E-state index is -0.553. The molecule has 0 aliphatic heterocycles. The van der Waals surface area contributed by atoms with Gasteiger partial charge in [-0.3, -0.25) is 9.59 Å². The topological polar surface area (TPSA) is 113 Å². The summed E-state index contributed by atoms with van der Waals surface area (Å²) < 4.78 is 5.11. The van der Waals surface area contributed by atoms with E-state index in [4.69, 9.17) is 4.74 Å². The van der Waals surface area contributed by atoms with Gasteiger partial charge in [0.05, 0.1) is 12.1 Å². The van der Waals surface area contributed by atoms with Gasteiger partial charge in [0.25, 0.3) is 5.56 Å². The predicted octanol–water partition coefficient (Wildman–Crippen LogP) is 0.832. The molecule has 0 aromatic carbocycles. The second-order valence-corrected chi connectivity index (χ2v) is 7.12. The molecule has 1 aromatic heterocycles. The monoisotopic (exact) mass is 350 g/mol. The second kappa shape index (κ2) is 8.13. The van der Waals surface area contributed by atoms with Gasteiger partial charge in [0.1, 0.15) is 5.60 Å². The largest absolute Gasteiger partial charge is 0.444 e. The number of rotatable bonds is 5. The van der Waals surface area contributed by atoms with Crippen LogP contribution in [0.4, 0.5) is 4.79 Å². The van der Waals surface area contributed by atoms with Crippen LogP contribution in [-0.4, -0.2) is 40.9 Å². The zero-order valence-corrected chi connectivity index (χ0v) is 15.0. The van der Waals surface area contributed by atoms with E-state index in [-0.39, 0.29) is 24.4 Å². The maximum absolute atomic E-state index is 12.1. The van der Waals surface area contributed by atoms with Crippen molar-refractivity contribution in [2.75, 3.05) is 13.1 Å². The Morgan fingerprint density at radius 2 is 1.76 bits per heavy atom. The first-order valence-electron chi connectivity index (χ1n) is 8.59. The first-order valence-corrected chi connectivity index (χ1v) is 8.59. The van der Waals surface area contributed by atoms with Gasteiger partial charge in [-0.2, -0.15) is 5.10 Å². The molecule has 3 N–H and O–H groups in total. The molecule has 1 aromatic rings. The standard InChI is InChI=1S/C17H26N4O4/c1-17(2,3)25-16(24)19-9-8-18-14(22)10-13-11-6-4-5-7-12(11)15(23)21-20-13/h4-10H2,1-3H3,(H,18,22)(H,19,24)(H,21,23). The zero-order valence-electron chi connectivity index (χ0n) is 15.0. The van der Waals surface area contributed by atoms with Gasteiger partial charge in [0.2, 0.25) is 5.91 Å². The van der Waals surface area contributed by atoms with Crippen molar-refractivity contribution in [3.8, 4) is 0 Å². The number of H-pyrrole nitrogens is 1. The van der Waals surface area contributed by atoms with Crippen LogP contribution in [0.5, 0.6) is 0 Å². The lowest BCUT2D eigenvalue weighted by Gasteiger charge is -2.19. The lowest BCUT2D eigenvalue weighted by atomic mass is 9.91. The van der Waals surface area contributed by atoms with E-state index in [0.717, 1.165) is 36.8 Å². The van der Waals surface area contributed by atoms with Gasteiger partial charge in [0, 0.05) is 18.7 Å². The summed E-state index contributed by atoms with van der Waals surface area (Å²) in [6, 6.07) is 0. The van der Waals surface area contributed by atoms with Gasteiger partial charge in [-0.25, -0.2) is 9.89 Å². The van der Waals surface area contributed by atoms with Gasteiger partial charge in [-0.05, 0) is 52.0 Å². The molecule has 0 saturated carbocycles. The number of carbonyl (C=O) groups is 2. The highest BCUT2D eigenvalue weighted by atomic mass is 16.6. The number of aromatic amines is 1. The Morgan fingerprint density at radius 3 is 2.44 bits per heavy atom. The minimum Gasteiger partial charge on any atom is -0.444 e. The first-order chi connectivity index (χ1) is 11.8. The molecule has 0 unspecified atom stereocenters.